The molecular weight excluding hydrogens is 302 g/mol. The van der Waals surface area contributed by atoms with E-state index in [9.17, 15) is 8.42 Å². The molecule has 1 fully saturated rings. The lowest BCUT2D eigenvalue weighted by molar-refractivity contribution is 0.472. The summed E-state index contributed by atoms with van der Waals surface area (Å²) in [6, 6.07) is 3.96. The first-order valence-electron chi connectivity index (χ1n) is 7.16. The molecule has 1 aliphatic rings. The minimum atomic E-state index is -3.47. The Bertz CT molecular complexity index is 758. The van der Waals surface area contributed by atoms with Crippen LogP contribution in [-0.2, 0) is 10.0 Å². The Morgan fingerprint density at radius 2 is 2.23 bits per heavy atom. The average molecular weight is 321 g/mol. The van der Waals surface area contributed by atoms with Crippen molar-refractivity contribution in [1.82, 2.24) is 19.5 Å². The Balaban J connectivity index is 1.82. The van der Waals surface area contributed by atoms with E-state index in [1.54, 1.807) is 0 Å². The lowest BCUT2D eigenvalue weighted by Gasteiger charge is -2.16. The third-order valence-corrected chi connectivity index (χ3v) is 5.77. The number of aromatic nitrogens is 3. The Kier molecular flexibility index (Phi) is 3.88. The molecule has 0 amide bonds. The molecule has 22 heavy (non-hydrogen) atoms. The van der Waals surface area contributed by atoms with Crippen LogP contribution in [0.25, 0.3) is 0 Å². The third-order valence-electron chi connectivity index (χ3n) is 3.94. The van der Waals surface area contributed by atoms with Crippen LogP contribution in [0.5, 0.6) is 0 Å². The summed E-state index contributed by atoms with van der Waals surface area (Å²) in [5.74, 6) is 0.119. The van der Waals surface area contributed by atoms with Gasteiger partial charge in [0.15, 0.2) is 0 Å². The highest BCUT2D eigenvalue weighted by atomic mass is 32.2. The molecule has 0 unspecified atom stereocenters. The molecule has 2 N–H and O–H groups in total. The molecule has 0 bridgehead atoms. The van der Waals surface area contributed by atoms with Gasteiger partial charge in [-0.2, -0.15) is 9.40 Å². The van der Waals surface area contributed by atoms with Crippen LogP contribution in [0.15, 0.2) is 29.4 Å². The van der Waals surface area contributed by atoms with Crippen molar-refractivity contribution in [3.63, 3.8) is 0 Å². The maximum atomic E-state index is 12.5. The summed E-state index contributed by atoms with van der Waals surface area (Å²) in [4.78, 5) is 4.77. The number of anilines is 1. The van der Waals surface area contributed by atoms with Crippen LogP contribution in [0, 0.1) is 6.92 Å². The molecule has 118 valence electrons. The molecule has 3 heterocycles. The van der Waals surface area contributed by atoms with Gasteiger partial charge in [-0.1, -0.05) is 0 Å². The molecule has 0 saturated carbocycles. The Hall–Kier alpha value is -1.93. The first kappa shape index (κ1) is 15.0. The number of nitrogens with one attached hydrogen (secondary N) is 2. The van der Waals surface area contributed by atoms with Crippen molar-refractivity contribution in [2.45, 2.75) is 24.2 Å². The van der Waals surface area contributed by atoms with Crippen LogP contribution >= 0.6 is 0 Å². The zero-order chi connectivity index (χ0) is 15.7. The smallest absolute Gasteiger partial charge is 0.246 e. The molecule has 8 heteroatoms. The second-order valence-electron chi connectivity index (χ2n) is 5.45. The molecule has 1 atom stereocenters. The molecule has 0 aliphatic carbocycles. The van der Waals surface area contributed by atoms with Crippen LogP contribution in [0.3, 0.4) is 0 Å². The number of H-pyrrole nitrogens is 1. The third kappa shape index (κ3) is 2.71. The van der Waals surface area contributed by atoms with Gasteiger partial charge in [0.1, 0.15) is 4.90 Å². The van der Waals surface area contributed by atoms with E-state index in [1.165, 1.54) is 16.7 Å². The van der Waals surface area contributed by atoms with Crippen LogP contribution in [-0.4, -0.2) is 48.0 Å². The highest BCUT2D eigenvalue weighted by Gasteiger charge is 2.34. The normalized spacial score (nSPS) is 19.5. The van der Waals surface area contributed by atoms with Gasteiger partial charge in [0.25, 0.3) is 0 Å². The molecule has 3 rings (SSSR count). The first-order chi connectivity index (χ1) is 10.5. The highest BCUT2D eigenvalue weighted by molar-refractivity contribution is 7.89. The average Bonchev–Trinajstić information content (AvgIpc) is 3.18. The minimum absolute atomic E-state index is 0.119. The number of pyridine rings is 1. The molecule has 0 aromatic carbocycles. The molecule has 2 aromatic rings. The zero-order valence-electron chi connectivity index (χ0n) is 12.6. The van der Waals surface area contributed by atoms with Gasteiger partial charge in [0.2, 0.25) is 10.0 Å². The maximum Gasteiger partial charge on any atom is 0.246 e. The number of hydrogen-bond acceptors (Lipinski definition) is 5. The molecule has 1 saturated heterocycles. The van der Waals surface area contributed by atoms with Crippen molar-refractivity contribution in [3.8, 4) is 0 Å². The number of aryl methyl sites for hydroxylation is 1. The second kappa shape index (κ2) is 5.69. The largest absolute Gasteiger partial charge is 0.388 e. The molecule has 2 aromatic heterocycles. The van der Waals surface area contributed by atoms with Crippen LogP contribution in [0.4, 0.5) is 5.69 Å². The summed E-state index contributed by atoms with van der Waals surface area (Å²) in [5, 5.41) is 9.38. The van der Waals surface area contributed by atoms with E-state index in [0.29, 0.717) is 13.1 Å². The lowest BCUT2D eigenvalue weighted by Crippen LogP contribution is -2.28. The molecular formula is C14H19N5O2S. The van der Waals surface area contributed by atoms with Crippen LogP contribution in [0.2, 0.25) is 0 Å². The first-order valence-corrected chi connectivity index (χ1v) is 8.60. The van der Waals surface area contributed by atoms with Crippen LogP contribution < -0.4 is 5.32 Å². The fourth-order valence-corrected chi connectivity index (χ4v) is 4.17. The fourth-order valence-electron chi connectivity index (χ4n) is 2.76. The van der Waals surface area contributed by atoms with E-state index in [1.807, 2.05) is 26.1 Å². The van der Waals surface area contributed by atoms with E-state index in [-0.39, 0.29) is 10.8 Å². The number of sulfonamides is 1. The number of rotatable bonds is 4. The molecule has 0 spiro atoms. The molecule has 7 nitrogen and oxygen atoms in total. The summed E-state index contributed by atoms with van der Waals surface area (Å²) >= 11 is 0. The van der Waals surface area contributed by atoms with Gasteiger partial charge in [-0.3, -0.25) is 10.1 Å². The monoisotopic (exact) mass is 321 g/mol. The predicted octanol–water partition coefficient (Wildman–Crippen LogP) is 1.33. The van der Waals surface area contributed by atoms with Gasteiger partial charge >= 0.3 is 0 Å². The topological polar surface area (TPSA) is 91.0 Å². The summed E-state index contributed by atoms with van der Waals surface area (Å²) in [5.41, 5.74) is 2.87. The molecule has 0 radical (unpaired) electrons. The second-order valence-corrected chi connectivity index (χ2v) is 7.39. The zero-order valence-corrected chi connectivity index (χ0v) is 13.4. The van der Waals surface area contributed by atoms with Gasteiger partial charge in [-0.05, 0) is 25.5 Å². The van der Waals surface area contributed by atoms with Gasteiger partial charge in [0, 0.05) is 49.3 Å². The van der Waals surface area contributed by atoms with Crippen molar-refractivity contribution in [2.75, 3.05) is 25.5 Å². The van der Waals surface area contributed by atoms with Gasteiger partial charge in [-0.15, -0.1) is 0 Å². The standard InChI is InChI=1S/C14H19N5O2S/c1-10-5-12(15-2)6-14(18-10)11-3-4-19(9-11)22(20,21)13-7-16-17-8-13/h5-8,11H,3-4,9H2,1-2H3,(H,15,18)(H,16,17)/t11-/m0/s1. The summed E-state index contributed by atoms with van der Waals surface area (Å²) in [6.07, 6.45) is 3.52. The van der Waals surface area contributed by atoms with Crippen molar-refractivity contribution >= 4 is 15.7 Å². The van der Waals surface area contributed by atoms with E-state index in [2.05, 4.69) is 20.5 Å². The van der Waals surface area contributed by atoms with E-state index in [0.717, 1.165) is 23.5 Å². The predicted molar refractivity (Wildman–Crippen MR) is 83.2 cm³/mol. The van der Waals surface area contributed by atoms with Crippen molar-refractivity contribution in [2.24, 2.45) is 0 Å². The van der Waals surface area contributed by atoms with Crippen molar-refractivity contribution in [3.05, 3.63) is 35.9 Å². The van der Waals surface area contributed by atoms with Gasteiger partial charge < -0.3 is 5.32 Å². The minimum Gasteiger partial charge on any atom is -0.388 e. The van der Waals surface area contributed by atoms with Crippen molar-refractivity contribution in [1.29, 1.82) is 0 Å². The van der Waals surface area contributed by atoms with Crippen molar-refractivity contribution < 1.29 is 8.42 Å². The summed E-state index contributed by atoms with van der Waals surface area (Å²) in [7, 11) is -1.60. The number of nitrogens with zero attached hydrogens (tertiary/aromatic N) is 3. The van der Waals surface area contributed by atoms with E-state index in [4.69, 9.17) is 0 Å². The maximum absolute atomic E-state index is 12.5. The Morgan fingerprint density at radius 3 is 2.91 bits per heavy atom. The van der Waals surface area contributed by atoms with Crippen LogP contribution in [0.1, 0.15) is 23.7 Å². The Labute approximate surface area is 129 Å². The van der Waals surface area contributed by atoms with Gasteiger partial charge in [-0.25, -0.2) is 8.42 Å². The van der Waals surface area contributed by atoms with E-state index >= 15 is 0 Å². The highest BCUT2D eigenvalue weighted by Crippen LogP contribution is 2.31. The lowest BCUT2D eigenvalue weighted by atomic mass is 10.0. The molecule has 1 aliphatic heterocycles. The number of hydrogen-bond donors (Lipinski definition) is 2. The summed E-state index contributed by atoms with van der Waals surface area (Å²) in [6.45, 7) is 2.90. The summed E-state index contributed by atoms with van der Waals surface area (Å²) < 4.78 is 26.5. The SMILES string of the molecule is CNc1cc(C)nc([C@H]2CCN(S(=O)(=O)c3cn[nH]c3)C2)c1. The number of aromatic amines is 1. The fraction of sp³-hybridized carbons (Fsp3) is 0.429. The quantitative estimate of drug-likeness (QED) is 0.886. The van der Waals surface area contributed by atoms with E-state index < -0.39 is 10.0 Å². The van der Waals surface area contributed by atoms with Gasteiger partial charge in [0.05, 0.1) is 6.20 Å². The Morgan fingerprint density at radius 1 is 1.41 bits per heavy atom.